The average molecular weight is 542 g/mol. The van der Waals surface area contributed by atoms with Crippen molar-refractivity contribution in [2.45, 2.75) is 50.9 Å². The van der Waals surface area contributed by atoms with Crippen LogP contribution in [0, 0.1) is 11.8 Å². The highest BCUT2D eigenvalue weighted by Crippen LogP contribution is 2.41. The smallest absolute Gasteiger partial charge is 0.226 e. The number of halogens is 2. The Labute approximate surface area is 228 Å². The highest BCUT2D eigenvalue weighted by Gasteiger charge is 2.48. The number of likely N-dealkylation sites (tertiary alicyclic amines) is 1. The van der Waals surface area contributed by atoms with Crippen LogP contribution < -0.4 is 5.73 Å². The summed E-state index contributed by atoms with van der Waals surface area (Å²) in [5.74, 6) is -1.90. The number of amides is 2. The van der Waals surface area contributed by atoms with E-state index in [9.17, 15) is 9.59 Å². The summed E-state index contributed by atoms with van der Waals surface area (Å²) in [6.45, 7) is 3.46. The number of aromatic nitrogens is 2. The molecule has 3 aromatic rings. The molecular weight excluding hydrogens is 507 g/mol. The van der Waals surface area contributed by atoms with E-state index in [2.05, 4.69) is 41.2 Å². The minimum absolute atomic E-state index is 0.0589. The molecule has 1 aromatic heterocycles. The predicted octanol–water partition coefficient (Wildman–Crippen LogP) is 5.58. The molecule has 1 aliphatic heterocycles. The van der Waals surface area contributed by atoms with Crippen molar-refractivity contribution in [1.29, 1.82) is 0 Å². The predicted molar refractivity (Wildman–Crippen MR) is 147 cm³/mol. The summed E-state index contributed by atoms with van der Waals surface area (Å²) < 4.78 is 0. The van der Waals surface area contributed by atoms with Crippen molar-refractivity contribution in [2.75, 3.05) is 13.1 Å². The zero-order valence-electron chi connectivity index (χ0n) is 21.1. The molecule has 6 nitrogen and oxygen atoms in total. The Bertz CT molecular complexity index is 1190. The van der Waals surface area contributed by atoms with Crippen molar-refractivity contribution in [2.24, 2.45) is 17.6 Å². The van der Waals surface area contributed by atoms with E-state index in [4.69, 9.17) is 28.9 Å². The number of carbonyl (C=O) groups is 2. The van der Waals surface area contributed by atoms with Crippen LogP contribution in [0.15, 0.2) is 61.1 Å². The van der Waals surface area contributed by atoms with Crippen molar-refractivity contribution in [3.8, 4) is 0 Å². The van der Waals surface area contributed by atoms with E-state index in [1.165, 1.54) is 5.56 Å². The number of hydrogen-bond acceptors (Lipinski definition) is 3. The third-order valence-electron chi connectivity index (χ3n) is 7.55. The molecule has 8 heteroatoms. The van der Waals surface area contributed by atoms with Crippen molar-refractivity contribution < 1.29 is 9.59 Å². The fraction of sp³-hybridized carbons (Fsp3) is 0.414. The molecule has 0 aliphatic carbocycles. The van der Waals surface area contributed by atoms with Crippen LogP contribution in [0.1, 0.15) is 49.4 Å². The summed E-state index contributed by atoms with van der Waals surface area (Å²) in [6, 6.07) is 15.8. The molecule has 2 amide bonds. The van der Waals surface area contributed by atoms with E-state index >= 15 is 0 Å². The second-order valence-electron chi connectivity index (χ2n) is 10.1. The zero-order valence-corrected chi connectivity index (χ0v) is 22.6. The van der Waals surface area contributed by atoms with E-state index in [1.54, 1.807) is 24.7 Å². The molecule has 2 heterocycles. The Morgan fingerprint density at radius 3 is 2.43 bits per heavy atom. The maximum atomic E-state index is 14.0. The zero-order chi connectivity index (χ0) is 26.4. The molecule has 1 saturated heterocycles. The number of rotatable bonds is 12. The maximum absolute atomic E-state index is 14.0. The number of aromatic amines is 1. The molecule has 1 aliphatic rings. The molecule has 196 valence electrons. The average Bonchev–Trinajstić information content (AvgIpc) is 3.38. The Balaban J connectivity index is 1.60. The number of primary amides is 1. The van der Waals surface area contributed by atoms with Crippen LogP contribution >= 0.6 is 23.2 Å². The van der Waals surface area contributed by atoms with Gasteiger partial charge in [0.05, 0.1) is 28.2 Å². The second kappa shape index (κ2) is 12.1. The number of benzene rings is 2. The van der Waals surface area contributed by atoms with E-state index in [-0.39, 0.29) is 11.3 Å². The van der Waals surface area contributed by atoms with E-state index in [1.807, 2.05) is 17.0 Å². The number of H-pyrrole nitrogens is 1. The Morgan fingerprint density at radius 2 is 1.81 bits per heavy atom. The third-order valence-corrected chi connectivity index (χ3v) is 8.29. The third kappa shape index (κ3) is 6.36. The highest BCUT2D eigenvalue weighted by atomic mass is 35.5. The lowest BCUT2D eigenvalue weighted by Crippen LogP contribution is -2.63. The molecule has 2 atom stereocenters. The first-order valence-corrected chi connectivity index (χ1v) is 13.6. The quantitative estimate of drug-likeness (QED) is 0.293. The van der Waals surface area contributed by atoms with Gasteiger partial charge >= 0.3 is 0 Å². The molecule has 1 fully saturated rings. The first-order chi connectivity index (χ1) is 17.8. The van der Waals surface area contributed by atoms with Crippen LogP contribution in [-0.4, -0.2) is 39.8 Å². The van der Waals surface area contributed by atoms with Crippen molar-refractivity contribution in [3.63, 3.8) is 0 Å². The monoisotopic (exact) mass is 540 g/mol. The lowest BCUT2D eigenvalue weighted by Gasteiger charge is -2.52. The fourth-order valence-electron chi connectivity index (χ4n) is 5.46. The second-order valence-corrected chi connectivity index (χ2v) is 11.0. The largest absolute Gasteiger partial charge is 0.369 e. The van der Waals surface area contributed by atoms with Gasteiger partial charge < -0.3 is 15.6 Å². The number of imidazole rings is 1. The number of nitrogens with one attached hydrogen (secondary N) is 1. The molecular formula is C29H34Cl2N4O2. The van der Waals surface area contributed by atoms with Gasteiger partial charge in [0.2, 0.25) is 11.8 Å². The maximum Gasteiger partial charge on any atom is 0.226 e. The van der Waals surface area contributed by atoms with Gasteiger partial charge in [-0.1, -0.05) is 85.8 Å². The van der Waals surface area contributed by atoms with Gasteiger partial charge in [-0.15, -0.1) is 0 Å². The van der Waals surface area contributed by atoms with Gasteiger partial charge in [0.1, 0.15) is 0 Å². The summed E-state index contributed by atoms with van der Waals surface area (Å²) in [5, 5.41) is 0.859. The fourth-order valence-corrected chi connectivity index (χ4v) is 5.78. The summed E-state index contributed by atoms with van der Waals surface area (Å²) in [4.78, 5) is 35.7. The lowest BCUT2D eigenvalue weighted by molar-refractivity contribution is -0.148. The van der Waals surface area contributed by atoms with Crippen LogP contribution in [-0.2, 0) is 27.8 Å². The Hall–Kier alpha value is -2.83. The summed E-state index contributed by atoms with van der Waals surface area (Å²) in [6.07, 6.45) is 8.31. The SMILES string of the molecule is CCCCCC1(c2ccccc2)CN(C(=O)[C@H](Cc2ccc(Cl)c(Cl)c2)C(Cc2cnc[nH]2)C(N)=O)C1. The molecule has 0 radical (unpaired) electrons. The number of nitrogens with zero attached hydrogens (tertiary/aromatic N) is 2. The normalized spacial score (nSPS) is 16.1. The lowest BCUT2D eigenvalue weighted by atomic mass is 9.69. The Kier molecular flexibility index (Phi) is 8.93. The Morgan fingerprint density at radius 1 is 1.05 bits per heavy atom. The van der Waals surface area contributed by atoms with Crippen LogP contribution in [0.5, 0.6) is 0 Å². The topological polar surface area (TPSA) is 92.1 Å². The number of carbonyl (C=O) groups excluding carboxylic acids is 2. The highest BCUT2D eigenvalue weighted by molar-refractivity contribution is 6.42. The number of hydrogen-bond donors (Lipinski definition) is 2. The molecule has 3 N–H and O–H groups in total. The summed E-state index contributed by atoms with van der Waals surface area (Å²) >= 11 is 12.4. The first kappa shape index (κ1) is 27.2. The van der Waals surface area contributed by atoms with E-state index < -0.39 is 17.7 Å². The van der Waals surface area contributed by atoms with Crippen LogP contribution in [0.2, 0.25) is 10.0 Å². The van der Waals surface area contributed by atoms with E-state index in [0.29, 0.717) is 36.0 Å². The molecule has 4 rings (SSSR count). The van der Waals surface area contributed by atoms with Gasteiger partial charge in [-0.05, 0) is 36.1 Å². The minimum atomic E-state index is -0.700. The van der Waals surface area contributed by atoms with Gasteiger partial charge in [0.15, 0.2) is 0 Å². The molecule has 0 bridgehead atoms. The van der Waals surface area contributed by atoms with Gasteiger partial charge in [-0.25, -0.2) is 4.98 Å². The van der Waals surface area contributed by atoms with Crippen molar-refractivity contribution in [1.82, 2.24) is 14.9 Å². The van der Waals surface area contributed by atoms with Gasteiger partial charge in [-0.3, -0.25) is 9.59 Å². The molecule has 0 spiro atoms. The van der Waals surface area contributed by atoms with Crippen LogP contribution in [0.25, 0.3) is 0 Å². The van der Waals surface area contributed by atoms with Gasteiger partial charge in [-0.2, -0.15) is 0 Å². The standard InChI is InChI=1S/C29H34Cl2N4O2/c1-2-3-7-12-29(21-8-5-4-6-9-21)17-35(18-29)28(37)24(13-20-10-11-25(30)26(31)14-20)23(27(32)36)15-22-16-33-19-34-22/h4-6,8-11,14,16,19,23-24H,2-3,7,12-13,15,17-18H2,1H3,(H2,32,36)(H,33,34)/t23?,24-/m1/s1. The number of unbranched alkanes of at least 4 members (excludes halogenated alkanes) is 2. The number of nitrogens with two attached hydrogens (primary N) is 1. The first-order valence-electron chi connectivity index (χ1n) is 12.9. The van der Waals surface area contributed by atoms with Gasteiger partial charge in [0, 0.05) is 36.8 Å². The summed E-state index contributed by atoms with van der Waals surface area (Å²) in [5.41, 5.74) is 8.69. The molecule has 1 unspecified atom stereocenters. The van der Waals surface area contributed by atoms with Crippen LogP contribution in [0.3, 0.4) is 0 Å². The molecule has 0 saturated carbocycles. The van der Waals surface area contributed by atoms with E-state index in [0.717, 1.165) is 36.9 Å². The molecule has 2 aromatic carbocycles. The minimum Gasteiger partial charge on any atom is -0.369 e. The summed E-state index contributed by atoms with van der Waals surface area (Å²) in [7, 11) is 0. The van der Waals surface area contributed by atoms with Crippen molar-refractivity contribution >= 4 is 35.0 Å². The van der Waals surface area contributed by atoms with Crippen molar-refractivity contribution in [3.05, 3.63) is 87.9 Å². The van der Waals surface area contributed by atoms with Gasteiger partial charge in [0.25, 0.3) is 0 Å². The molecule has 37 heavy (non-hydrogen) atoms. The van der Waals surface area contributed by atoms with Crippen LogP contribution in [0.4, 0.5) is 0 Å².